The van der Waals surface area contributed by atoms with Gasteiger partial charge in [0, 0.05) is 18.2 Å². The molecule has 34 heavy (non-hydrogen) atoms. The summed E-state index contributed by atoms with van der Waals surface area (Å²) in [6.07, 6.45) is 6.80. The fourth-order valence-electron chi connectivity index (χ4n) is 6.81. The number of nitrogen functional groups attached to an aromatic ring is 2. The summed E-state index contributed by atoms with van der Waals surface area (Å²) in [5.74, 6) is 6.62. The highest BCUT2D eigenvalue weighted by Gasteiger charge is 2.49. The molecule has 4 saturated carbocycles. The number of hydrogen-bond donors (Lipinski definition) is 2. The van der Waals surface area contributed by atoms with Crippen molar-refractivity contribution in [3.8, 4) is 23.0 Å². The summed E-state index contributed by atoms with van der Waals surface area (Å²) in [6, 6.07) is 16.9. The third kappa shape index (κ3) is 4.08. The summed E-state index contributed by atoms with van der Waals surface area (Å²) >= 11 is 12.2. The summed E-state index contributed by atoms with van der Waals surface area (Å²) in [7, 11) is 0. The predicted molar refractivity (Wildman–Crippen MR) is 138 cm³/mol. The minimum atomic E-state index is 0.484. The van der Waals surface area contributed by atoms with Crippen molar-refractivity contribution in [1.29, 1.82) is 0 Å². The van der Waals surface area contributed by atoms with Gasteiger partial charge in [-0.3, -0.25) is 0 Å². The van der Waals surface area contributed by atoms with Crippen LogP contribution in [0.1, 0.15) is 43.6 Å². The van der Waals surface area contributed by atoms with Crippen molar-refractivity contribution in [2.75, 3.05) is 11.5 Å². The molecule has 0 aromatic heterocycles. The lowest BCUT2D eigenvalue weighted by Crippen LogP contribution is -2.43. The maximum absolute atomic E-state index is 6.46. The number of anilines is 2. The highest BCUT2D eigenvalue weighted by atomic mass is 35.5. The Balaban J connectivity index is 1.36. The smallest absolute Gasteiger partial charge is 0.134 e. The Morgan fingerprint density at radius 1 is 0.618 bits per heavy atom. The predicted octanol–water partition coefficient (Wildman–Crippen LogP) is 8.28. The van der Waals surface area contributed by atoms with Crippen molar-refractivity contribution < 1.29 is 9.47 Å². The van der Waals surface area contributed by atoms with Gasteiger partial charge in [-0.1, -0.05) is 29.3 Å². The van der Waals surface area contributed by atoms with Crippen LogP contribution in [0.4, 0.5) is 11.4 Å². The molecule has 176 valence electrons. The van der Waals surface area contributed by atoms with Crippen LogP contribution < -0.4 is 20.9 Å². The zero-order chi connectivity index (χ0) is 23.4. The number of halogens is 2. The molecule has 4 fully saturated rings. The number of rotatable bonds is 5. The molecule has 6 heteroatoms. The first-order chi connectivity index (χ1) is 16.4. The Kier molecular flexibility index (Phi) is 5.54. The van der Waals surface area contributed by atoms with Crippen LogP contribution in [-0.2, 0) is 0 Å². The van der Waals surface area contributed by atoms with E-state index in [9.17, 15) is 0 Å². The van der Waals surface area contributed by atoms with E-state index in [-0.39, 0.29) is 0 Å². The molecule has 7 rings (SSSR count). The lowest BCUT2D eigenvalue weighted by molar-refractivity contribution is -0.00337. The fraction of sp³-hybridized carbons (Fsp3) is 0.357. The second kappa shape index (κ2) is 8.58. The van der Waals surface area contributed by atoms with Crippen molar-refractivity contribution >= 4 is 34.6 Å². The van der Waals surface area contributed by atoms with Gasteiger partial charge in [0.2, 0.25) is 0 Å². The lowest BCUT2D eigenvalue weighted by atomic mass is 9.50. The first kappa shape index (κ1) is 21.9. The average Bonchev–Trinajstić information content (AvgIpc) is 2.79. The quantitative estimate of drug-likeness (QED) is 0.350. The maximum atomic E-state index is 6.46. The summed E-state index contributed by atoms with van der Waals surface area (Å²) in [5.41, 5.74) is 14.3. The Labute approximate surface area is 210 Å². The summed E-state index contributed by atoms with van der Waals surface area (Å²) in [6.45, 7) is 0. The maximum Gasteiger partial charge on any atom is 0.134 e. The van der Waals surface area contributed by atoms with Gasteiger partial charge in [0.15, 0.2) is 0 Å². The average molecular weight is 495 g/mol. The standard InChI is InChI=1S/C28H28Cl2N2O2/c29-23-5-2-19(12-25(23)31)33-21-1-4-22(27(14-21)34-20-3-6-24(30)26(32)13-20)28-17-8-15-7-16(10-17)11-18(28)9-15/h1-6,12-18,28H,7-11,31-32H2. The molecule has 0 heterocycles. The monoisotopic (exact) mass is 494 g/mol. The molecule has 4 aliphatic carbocycles. The van der Waals surface area contributed by atoms with Crippen molar-refractivity contribution in [2.45, 2.75) is 38.0 Å². The van der Waals surface area contributed by atoms with Crippen LogP contribution in [0.5, 0.6) is 23.0 Å². The van der Waals surface area contributed by atoms with Gasteiger partial charge >= 0.3 is 0 Å². The molecular formula is C28H28Cl2N2O2. The van der Waals surface area contributed by atoms with Crippen molar-refractivity contribution in [3.63, 3.8) is 0 Å². The van der Waals surface area contributed by atoms with Crippen molar-refractivity contribution in [2.24, 2.45) is 23.7 Å². The van der Waals surface area contributed by atoms with E-state index in [1.807, 2.05) is 24.3 Å². The van der Waals surface area contributed by atoms with E-state index in [4.69, 9.17) is 44.1 Å². The normalized spacial score (nSPS) is 27.1. The van der Waals surface area contributed by atoms with E-state index in [1.165, 1.54) is 37.7 Å². The van der Waals surface area contributed by atoms with Gasteiger partial charge in [-0.05, 0) is 97.6 Å². The summed E-state index contributed by atoms with van der Waals surface area (Å²) < 4.78 is 12.6. The second-order valence-corrected chi connectivity index (χ2v) is 11.0. The topological polar surface area (TPSA) is 70.5 Å². The molecule has 0 unspecified atom stereocenters. The number of benzene rings is 3. The van der Waals surface area contributed by atoms with Gasteiger partial charge < -0.3 is 20.9 Å². The first-order valence-electron chi connectivity index (χ1n) is 12.0. The van der Waals surface area contributed by atoms with E-state index < -0.39 is 0 Å². The van der Waals surface area contributed by atoms with Crippen LogP contribution >= 0.6 is 23.2 Å². The molecular weight excluding hydrogens is 467 g/mol. The molecule has 4 N–H and O–H groups in total. The molecule has 0 spiro atoms. The van der Waals surface area contributed by atoms with Gasteiger partial charge in [-0.25, -0.2) is 0 Å². The van der Waals surface area contributed by atoms with Crippen LogP contribution in [0.2, 0.25) is 10.0 Å². The fourth-order valence-corrected chi connectivity index (χ4v) is 7.04. The van der Waals surface area contributed by atoms with Crippen LogP contribution in [0.25, 0.3) is 0 Å². The summed E-state index contributed by atoms with van der Waals surface area (Å²) in [5, 5.41) is 1.03. The van der Waals surface area contributed by atoms with Gasteiger partial charge in [0.25, 0.3) is 0 Å². The van der Waals surface area contributed by atoms with E-state index in [1.54, 1.807) is 24.3 Å². The van der Waals surface area contributed by atoms with Crippen LogP contribution in [-0.4, -0.2) is 0 Å². The summed E-state index contributed by atoms with van der Waals surface area (Å²) in [4.78, 5) is 0. The van der Waals surface area contributed by atoms with Gasteiger partial charge in [-0.15, -0.1) is 0 Å². The minimum Gasteiger partial charge on any atom is -0.457 e. The zero-order valence-corrected chi connectivity index (χ0v) is 20.4. The Morgan fingerprint density at radius 2 is 1.12 bits per heavy atom. The Morgan fingerprint density at radius 3 is 1.68 bits per heavy atom. The van der Waals surface area contributed by atoms with Crippen LogP contribution in [0, 0.1) is 23.7 Å². The third-order valence-corrected chi connectivity index (χ3v) is 8.66. The largest absolute Gasteiger partial charge is 0.457 e. The molecule has 4 nitrogen and oxygen atoms in total. The molecule has 3 aromatic rings. The molecule has 0 radical (unpaired) electrons. The van der Waals surface area contributed by atoms with Crippen LogP contribution in [0.3, 0.4) is 0 Å². The van der Waals surface area contributed by atoms with E-state index in [0.29, 0.717) is 44.6 Å². The zero-order valence-electron chi connectivity index (χ0n) is 18.8. The highest BCUT2D eigenvalue weighted by Crippen LogP contribution is 2.61. The van der Waals surface area contributed by atoms with Crippen molar-refractivity contribution in [1.82, 2.24) is 0 Å². The van der Waals surface area contributed by atoms with E-state index >= 15 is 0 Å². The SMILES string of the molecule is Nc1cc(Oc2ccc(C3C4CC5CC(C4)CC3C5)c(Oc3ccc(Cl)c(N)c3)c2)ccc1Cl. The number of ether oxygens (including phenoxy) is 2. The minimum absolute atomic E-state index is 0.484. The highest BCUT2D eigenvalue weighted by molar-refractivity contribution is 6.33. The van der Waals surface area contributed by atoms with Gasteiger partial charge in [0.05, 0.1) is 21.4 Å². The van der Waals surface area contributed by atoms with Crippen molar-refractivity contribution in [3.05, 3.63) is 70.2 Å². The lowest BCUT2D eigenvalue weighted by Gasteiger charge is -2.54. The van der Waals surface area contributed by atoms with E-state index in [0.717, 1.165) is 29.4 Å². The molecule has 3 aromatic carbocycles. The van der Waals surface area contributed by atoms with E-state index in [2.05, 4.69) is 6.07 Å². The molecule has 0 saturated heterocycles. The molecule has 0 amide bonds. The molecule has 4 aliphatic rings. The molecule has 0 atom stereocenters. The molecule has 4 bridgehead atoms. The van der Waals surface area contributed by atoms with Gasteiger partial charge in [0.1, 0.15) is 23.0 Å². The Bertz CT molecular complexity index is 1220. The van der Waals surface area contributed by atoms with Crippen LogP contribution in [0.15, 0.2) is 54.6 Å². The third-order valence-electron chi connectivity index (χ3n) is 7.97. The second-order valence-electron chi connectivity index (χ2n) is 10.2. The number of nitrogens with two attached hydrogens (primary N) is 2. The Hall–Kier alpha value is -2.56. The first-order valence-corrected chi connectivity index (χ1v) is 12.8. The number of hydrogen-bond acceptors (Lipinski definition) is 4. The molecule has 0 aliphatic heterocycles. The van der Waals surface area contributed by atoms with Gasteiger partial charge in [-0.2, -0.15) is 0 Å².